The fourth-order valence-corrected chi connectivity index (χ4v) is 4.93. The Balaban J connectivity index is 1.68. The molecule has 2 aliphatic rings. The third kappa shape index (κ3) is 4.04. The number of rotatable bonds is 6. The van der Waals surface area contributed by atoms with Gasteiger partial charge < -0.3 is 16.0 Å². The van der Waals surface area contributed by atoms with Crippen molar-refractivity contribution in [3.8, 4) is 0 Å². The molecule has 1 atom stereocenters. The van der Waals surface area contributed by atoms with Crippen molar-refractivity contribution in [3.63, 3.8) is 0 Å². The fraction of sp³-hybridized carbons (Fsp3) is 0.238. The van der Waals surface area contributed by atoms with Gasteiger partial charge in [0.1, 0.15) is 10.7 Å². The highest BCUT2D eigenvalue weighted by atomic mass is 35.5. The van der Waals surface area contributed by atoms with Gasteiger partial charge in [-0.3, -0.25) is 0 Å². The van der Waals surface area contributed by atoms with Crippen LogP contribution in [0.4, 0.5) is 11.6 Å². The molecule has 1 aromatic heterocycles. The van der Waals surface area contributed by atoms with E-state index in [1.54, 1.807) is 18.3 Å². The molecule has 0 saturated heterocycles. The molecule has 1 unspecified atom stereocenters. The van der Waals surface area contributed by atoms with Crippen molar-refractivity contribution in [3.05, 3.63) is 70.9 Å². The van der Waals surface area contributed by atoms with Crippen LogP contribution in [0.2, 0.25) is 0 Å². The predicted molar refractivity (Wildman–Crippen MR) is 122 cm³/mol. The van der Waals surface area contributed by atoms with Crippen molar-refractivity contribution in [2.45, 2.75) is 37.1 Å². The van der Waals surface area contributed by atoms with E-state index in [0.29, 0.717) is 16.8 Å². The summed E-state index contributed by atoms with van der Waals surface area (Å²) in [5, 5.41) is 15.7. The molecule has 4 rings (SSSR count). The van der Waals surface area contributed by atoms with Gasteiger partial charge in [-0.15, -0.1) is 0 Å². The van der Waals surface area contributed by atoms with E-state index in [1.807, 2.05) is 25.3 Å². The number of nitrogens with zero attached hydrogens (tertiary/aromatic N) is 2. The topological polar surface area (TPSA) is 122 Å². The lowest BCUT2D eigenvalue weighted by Gasteiger charge is -2.38. The molecule has 0 amide bonds. The monoisotopic (exact) mass is 458 g/mol. The number of dihydropyridines is 1. The van der Waals surface area contributed by atoms with Gasteiger partial charge in [0.25, 0.3) is 0 Å². The third-order valence-corrected chi connectivity index (χ3v) is 6.41. The molecule has 2 aliphatic heterocycles. The van der Waals surface area contributed by atoms with Crippen LogP contribution in [0, 0.1) is 0 Å². The molecule has 2 aromatic rings. The second-order valence-electron chi connectivity index (χ2n) is 7.50. The Morgan fingerprint density at radius 1 is 1.29 bits per heavy atom. The summed E-state index contributed by atoms with van der Waals surface area (Å²) >= 11 is 6.40. The summed E-state index contributed by atoms with van der Waals surface area (Å²) in [6.07, 6.45) is 7.26. The molecule has 8 nitrogen and oxygen atoms in total. The quantitative estimate of drug-likeness (QED) is 0.490. The zero-order valence-corrected chi connectivity index (χ0v) is 18.7. The normalized spacial score (nSPS) is 20.4. The van der Waals surface area contributed by atoms with Crippen molar-refractivity contribution in [2.24, 2.45) is 5.14 Å². The maximum absolute atomic E-state index is 11.6. The molecule has 10 heteroatoms. The van der Waals surface area contributed by atoms with Gasteiger partial charge in [0.05, 0.1) is 10.6 Å². The summed E-state index contributed by atoms with van der Waals surface area (Å²) in [5.74, 6) is 0.336. The Bertz CT molecular complexity index is 1240. The van der Waals surface area contributed by atoms with E-state index in [4.69, 9.17) is 16.7 Å². The number of halogens is 1. The summed E-state index contributed by atoms with van der Waals surface area (Å²) in [7, 11) is -3.81. The zero-order chi connectivity index (χ0) is 22.2. The summed E-state index contributed by atoms with van der Waals surface area (Å²) in [4.78, 5) is 8.96. The maximum atomic E-state index is 11.6. The second kappa shape index (κ2) is 7.99. The molecule has 1 aromatic carbocycles. The number of sulfonamides is 1. The first kappa shape index (κ1) is 21.4. The highest BCUT2D eigenvalue weighted by Gasteiger charge is 2.45. The molecule has 3 heterocycles. The van der Waals surface area contributed by atoms with E-state index in [-0.39, 0.29) is 4.90 Å². The number of fused-ring (bicyclic) bond motifs is 1. The second-order valence-corrected chi connectivity index (χ2v) is 9.46. The Morgan fingerprint density at radius 2 is 2.10 bits per heavy atom. The van der Waals surface area contributed by atoms with Gasteiger partial charge in [0.15, 0.2) is 0 Å². The number of anilines is 2. The molecule has 0 saturated carbocycles. The predicted octanol–water partition coefficient (Wildman–Crippen LogP) is 3.31. The molecular formula is C21H23ClN6O2S. The molecule has 0 aliphatic carbocycles. The molecule has 5 N–H and O–H groups in total. The van der Waals surface area contributed by atoms with E-state index < -0.39 is 15.6 Å². The number of hydrogen-bond acceptors (Lipinski definition) is 7. The van der Waals surface area contributed by atoms with Crippen molar-refractivity contribution in [1.82, 2.24) is 20.6 Å². The van der Waals surface area contributed by atoms with Crippen LogP contribution in [-0.2, 0) is 10.0 Å². The molecule has 0 bridgehead atoms. The highest BCUT2D eigenvalue weighted by molar-refractivity contribution is 7.89. The molecule has 0 fully saturated rings. The van der Waals surface area contributed by atoms with Crippen molar-refractivity contribution in [1.29, 1.82) is 0 Å². The number of aromatic nitrogens is 2. The number of benzene rings is 1. The average Bonchev–Trinajstić information content (AvgIpc) is 3.07. The number of primary sulfonamides is 1. The van der Waals surface area contributed by atoms with Crippen LogP contribution in [0.3, 0.4) is 0 Å². The maximum Gasteiger partial charge on any atom is 0.238 e. The Kier molecular flexibility index (Phi) is 5.50. The largest absolute Gasteiger partial charge is 0.362 e. The minimum Gasteiger partial charge on any atom is -0.362 e. The minimum absolute atomic E-state index is 0.0105. The van der Waals surface area contributed by atoms with Crippen LogP contribution in [0.25, 0.3) is 5.57 Å². The standard InChI is InChI=1S/C21H23ClN6O2S/c1-3-8-21-16(12-25-19(21)13(2)10-18(22)28-21)17-7-9-24-20(27-17)26-14-5-4-6-15(11-14)31(23,29)30/h4-7,9-12,25,28H,3,8H2,1-2H3,(H2,23,29,30)(H,24,26,27). The van der Waals surface area contributed by atoms with Crippen LogP contribution in [0.1, 0.15) is 32.4 Å². The van der Waals surface area contributed by atoms with Gasteiger partial charge in [-0.25, -0.2) is 23.5 Å². The first-order valence-corrected chi connectivity index (χ1v) is 11.7. The summed E-state index contributed by atoms with van der Waals surface area (Å²) in [6, 6.07) is 8.03. The highest BCUT2D eigenvalue weighted by Crippen LogP contribution is 2.44. The summed E-state index contributed by atoms with van der Waals surface area (Å²) in [5.41, 5.74) is 3.83. The lowest BCUT2D eigenvalue weighted by atomic mass is 9.80. The van der Waals surface area contributed by atoms with Crippen LogP contribution >= 0.6 is 11.6 Å². The number of hydrogen-bond donors (Lipinski definition) is 4. The van der Waals surface area contributed by atoms with Crippen molar-refractivity contribution in [2.75, 3.05) is 5.32 Å². The SMILES string of the molecule is CCCC12NC(Cl)=CC(C)=C1NC=C2c1ccnc(Nc2cccc(S(N)(=O)=O)c2)n1. The molecule has 31 heavy (non-hydrogen) atoms. The van der Waals surface area contributed by atoms with Gasteiger partial charge in [0.2, 0.25) is 16.0 Å². The average molecular weight is 459 g/mol. The summed E-state index contributed by atoms with van der Waals surface area (Å²) < 4.78 is 23.3. The smallest absolute Gasteiger partial charge is 0.238 e. The van der Waals surface area contributed by atoms with Crippen LogP contribution in [0.5, 0.6) is 0 Å². The minimum atomic E-state index is -3.81. The Labute approximate surface area is 186 Å². The first-order valence-electron chi connectivity index (χ1n) is 9.80. The van der Waals surface area contributed by atoms with Crippen molar-refractivity contribution < 1.29 is 8.42 Å². The van der Waals surface area contributed by atoms with E-state index in [2.05, 4.69) is 32.8 Å². The van der Waals surface area contributed by atoms with E-state index in [0.717, 1.165) is 35.4 Å². The van der Waals surface area contributed by atoms with Crippen LogP contribution in [-0.4, -0.2) is 23.9 Å². The van der Waals surface area contributed by atoms with E-state index in [9.17, 15) is 8.42 Å². The molecule has 0 spiro atoms. The third-order valence-electron chi connectivity index (χ3n) is 5.29. The lowest BCUT2D eigenvalue weighted by molar-refractivity contribution is 0.479. The number of nitrogens with one attached hydrogen (secondary N) is 3. The first-order chi connectivity index (χ1) is 14.7. The van der Waals surface area contributed by atoms with Gasteiger partial charge >= 0.3 is 0 Å². The van der Waals surface area contributed by atoms with Crippen LogP contribution < -0.4 is 21.1 Å². The van der Waals surface area contributed by atoms with Crippen LogP contribution in [0.15, 0.2) is 70.1 Å². The zero-order valence-electron chi connectivity index (χ0n) is 17.1. The van der Waals surface area contributed by atoms with Gasteiger partial charge in [-0.05, 0) is 49.3 Å². The Hall–Kier alpha value is -2.88. The lowest BCUT2D eigenvalue weighted by Crippen LogP contribution is -2.48. The van der Waals surface area contributed by atoms with E-state index in [1.165, 1.54) is 12.1 Å². The molecule has 162 valence electrons. The number of allylic oxidation sites excluding steroid dienone is 2. The van der Waals surface area contributed by atoms with Gasteiger partial charge in [-0.2, -0.15) is 0 Å². The van der Waals surface area contributed by atoms with Gasteiger partial charge in [0, 0.05) is 29.4 Å². The fourth-order valence-electron chi connectivity index (χ4n) is 4.05. The molecular weight excluding hydrogens is 436 g/mol. The summed E-state index contributed by atoms with van der Waals surface area (Å²) in [6.45, 7) is 4.15. The van der Waals surface area contributed by atoms with Gasteiger partial charge in [-0.1, -0.05) is 31.0 Å². The van der Waals surface area contributed by atoms with E-state index >= 15 is 0 Å². The van der Waals surface area contributed by atoms with Crippen molar-refractivity contribution >= 4 is 38.8 Å². The number of nitrogens with two attached hydrogens (primary N) is 1. The molecule has 0 radical (unpaired) electrons. The Morgan fingerprint density at radius 3 is 2.84 bits per heavy atom.